The van der Waals surface area contributed by atoms with E-state index in [4.69, 9.17) is 11.6 Å². The van der Waals surface area contributed by atoms with Crippen molar-refractivity contribution < 1.29 is 18.8 Å². The average molecular weight is 492 g/mol. The normalized spacial score (nSPS) is 21.5. The Morgan fingerprint density at radius 2 is 2.00 bits per heavy atom. The molecule has 0 spiro atoms. The first-order valence-electron chi connectivity index (χ1n) is 11.3. The Morgan fingerprint density at radius 1 is 1.24 bits per heavy atom. The van der Waals surface area contributed by atoms with E-state index in [9.17, 15) is 18.8 Å². The van der Waals surface area contributed by atoms with Crippen LogP contribution in [0.2, 0.25) is 5.02 Å². The van der Waals surface area contributed by atoms with Crippen LogP contribution in [0.5, 0.6) is 0 Å². The van der Waals surface area contributed by atoms with Gasteiger partial charge in [-0.2, -0.15) is 0 Å². The molecule has 1 atom stereocenters. The minimum absolute atomic E-state index is 0.0470. The lowest BCUT2D eigenvalue weighted by Crippen LogP contribution is -2.56. The summed E-state index contributed by atoms with van der Waals surface area (Å²) in [4.78, 5) is 43.2. The largest absolute Gasteiger partial charge is 0.339 e. The van der Waals surface area contributed by atoms with Crippen molar-refractivity contribution in [1.82, 2.24) is 15.1 Å². The van der Waals surface area contributed by atoms with Gasteiger partial charge < -0.3 is 10.2 Å². The minimum Gasteiger partial charge on any atom is -0.339 e. The van der Waals surface area contributed by atoms with Crippen molar-refractivity contribution in [1.29, 1.82) is 0 Å². The van der Waals surface area contributed by atoms with E-state index in [1.54, 1.807) is 22.3 Å². The summed E-state index contributed by atoms with van der Waals surface area (Å²) in [5, 5.41) is 4.92. The van der Waals surface area contributed by atoms with Gasteiger partial charge in [0.25, 0.3) is 11.8 Å². The van der Waals surface area contributed by atoms with Crippen molar-refractivity contribution in [3.8, 4) is 0 Å². The fourth-order valence-electron chi connectivity index (χ4n) is 4.98. The Bertz CT molecular complexity index is 1040. The number of thiophene rings is 1. The highest BCUT2D eigenvalue weighted by Crippen LogP contribution is 2.37. The molecule has 0 aliphatic carbocycles. The number of nitrogens with one attached hydrogen (secondary N) is 1. The number of piperidine rings is 1. The standard InChI is InChI=1S/C24H27ClFN3O3S/c1-2-11-24(22(31)29(23(32)27-24)14-10-17-5-4-15-33-17)16-8-12-28(13-9-16)21(30)18-6-3-7-19(25)20(18)26/h3-7,15-16H,2,8-14H2,1H3,(H,27,32). The van der Waals surface area contributed by atoms with E-state index < -0.39 is 17.3 Å². The molecule has 4 rings (SSSR count). The van der Waals surface area contributed by atoms with Gasteiger partial charge in [0.2, 0.25) is 0 Å². The Balaban J connectivity index is 1.45. The van der Waals surface area contributed by atoms with Crippen molar-refractivity contribution in [2.45, 2.75) is 44.6 Å². The average Bonchev–Trinajstić information content (AvgIpc) is 3.41. The molecule has 1 unspecified atom stereocenters. The molecule has 176 valence electrons. The van der Waals surface area contributed by atoms with Crippen LogP contribution in [0.3, 0.4) is 0 Å². The zero-order valence-electron chi connectivity index (χ0n) is 18.5. The van der Waals surface area contributed by atoms with Crippen LogP contribution >= 0.6 is 22.9 Å². The maximum absolute atomic E-state index is 14.3. The molecular formula is C24H27ClFN3O3S. The van der Waals surface area contributed by atoms with E-state index in [0.29, 0.717) is 45.3 Å². The summed E-state index contributed by atoms with van der Waals surface area (Å²) in [6, 6.07) is 8.01. The van der Waals surface area contributed by atoms with Gasteiger partial charge in [0, 0.05) is 24.5 Å². The summed E-state index contributed by atoms with van der Waals surface area (Å²) >= 11 is 7.44. The molecule has 6 nitrogen and oxygen atoms in total. The van der Waals surface area contributed by atoms with Crippen molar-refractivity contribution in [2.75, 3.05) is 19.6 Å². The molecule has 33 heavy (non-hydrogen) atoms. The summed E-state index contributed by atoms with van der Waals surface area (Å²) in [5.74, 6) is -1.38. The van der Waals surface area contributed by atoms with Crippen molar-refractivity contribution in [2.24, 2.45) is 5.92 Å². The molecule has 9 heteroatoms. The molecular weight excluding hydrogens is 465 g/mol. The molecule has 0 radical (unpaired) electrons. The van der Waals surface area contributed by atoms with Crippen LogP contribution in [0.15, 0.2) is 35.7 Å². The highest BCUT2D eigenvalue weighted by atomic mass is 35.5. The Labute approximate surface area is 201 Å². The van der Waals surface area contributed by atoms with Gasteiger partial charge in [0.05, 0.1) is 10.6 Å². The van der Waals surface area contributed by atoms with E-state index in [1.165, 1.54) is 17.0 Å². The first-order chi connectivity index (χ1) is 15.9. The monoisotopic (exact) mass is 491 g/mol. The van der Waals surface area contributed by atoms with E-state index in [-0.39, 0.29) is 28.4 Å². The molecule has 2 fully saturated rings. The second kappa shape index (κ2) is 9.81. The van der Waals surface area contributed by atoms with Crippen molar-refractivity contribution in [3.05, 3.63) is 57.0 Å². The third-order valence-corrected chi connectivity index (χ3v) is 7.90. The zero-order valence-corrected chi connectivity index (χ0v) is 20.1. The predicted octanol–water partition coefficient (Wildman–Crippen LogP) is 4.73. The van der Waals surface area contributed by atoms with Crippen LogP contribution in [-0.4, -0.2) is 52.8 Å². The molecule has 1 N–H and O–H groups in total. The number of amides is 4. The fourth-order valence-corrected chi connectivity index (χ4v) is 5.86. The number of hydrogen-bond acceptors (Lipinski definition) is 4. The van der Waals surface area contributed by atoms with Gasteiger partial charge in [-0.25, -0.2) is 9.18 Å². The van der Waals surface area contributed by atoms with E-state index in [0.717, 1.165) is 11.3 Å². The Kier molecular flexibility index (Phi) is 7.05. The van der Waals surface area contributed by atoms with E-state index in [2.05, 4.69) is 5.32 Å². The second-order valence-electron chi connectivity index (χ2n) is 8.61. The lowest BCUT2D eigenvalue weighted by Gasteiger charge is -2.41. The molecule has 2 aliphatic heterocycles. The van der Waals surface area contributed by atoms with Gasteiger partial charge in [-0.05, 0) is 55.2 Å². The molecule has 0 bridgehead atoms. The topological polar surface area (TPSA) is 69.7 Å². The predicted molar refractivity (Wildman–Crippen MR) is 126 cm³/mol. The summed E-state index contributed by atoms with van der Waals surface area (Å²) < 4.78 is 14.3. The molecule has 3 heterocycles. The van der Waals surface area contributed by atoms with Gasteiger partial charge in [0.15, 0.2) is 5.82 Å². The van der Waals surface area contributed by atoms with E-state index >= 15 is 0 Å². The fraction of sp³-hybridized carbons (Fsp3) is 0.458. The summed E-state index contributed by atoms with van der Waals surface area (Å²) in [7, 11) is 0. The molecule has 1 aromatic heterocycles. The highest BCUT2D eigenvalue weighted by Gasteiger charge is 2.55. The second-order valence-corrected chi connectivity index (χ2v) is 10.0. The zero-order chi connectivity index (χ0) is 23.6. The number of carbonyl (C=O) groups is 3. The van der Waals surface area contributed by atoms with Crippen LogP contribution in [0, 0.1) is 11.7 Å². The van der Waals surface area contributed by atoms with Gasteiger partial charge in [-0.1, -0.05) is 37.1 Å². The smallest absolute Gasteiger partial charge is 0.325 e. The lowest BCUT2D eigenvalue weighted by atomic mass is 9.74. The van der Waals surface area contributed by atoms with Crippen LogP contribution in [0.4, 0.5) is 9.18 Å². The third kappa shape index (κ3) is 4.51. The van der Waals surface area contributed by atoms with Gasteiger partial charge in [-0.15, -0.1) is 11.3 Å². The van der Waals surface area contributed by atoms with Crippen LogP contribution in [0.25, 0.3) is 0 Å². The molecule has 1 aromatic carbocycles. The number of carbonyl (C=O) groups excluding carboxylic acids is 3. The lowest BCUT2D eigenvalue weighted by molar-refractivity contribution is -0.134. The molecule has 2 aliphatic rings. The van der Waals surface area contributed by atoms with Crippen LogP contribution in [-0.2, 0) is 11.2 Å². The summed E-state index contributed by atoms with van der Waals surface area (Å²) in [6.45, 7) is 3.12. The number of nitrogens with zero attached hydrogens (tertiary/aromatic N) is 2. The minimum atomic E-state index is -0.947. The molecule has 2 saturated heterocycles. The quantitative estimate of drug-likeness (QED) is 0.569. The van der Waals surface area contributed by atoms with Gasteiger partial charge >= 0.3 is 6.03 Å². The summed E-state index contributed by atoms with van der Waals surface area (Å²) in [5.41, 5.74) is -0.994. The number of benzene rings is 1. The first-order valence-corrected chi connectivity index (χ1v) is 12.5. The van der Waals surface area contributed by atoms with E-state index in [1.807, 2.05) is 24.4 Å². The first kappa shape index (κ1) is 23.7. The number of imide groups is 1. The Morgan fingerprint density at radius 3 is 2.67 bits per heavy atom. The molecule has 2 aromatic rings. The highest BCUT2D eigenvalue weighted by molar-refractivity contribution is 7.09. The maximum atomic E-state index is 14.3. The molecule has 0 saturated carbocycles. The van der Waals surface area contributed by atoms with Crippen LogP contribution < -0.4 is 5.32 Å². The number of likely N-dealkylation sites (tertiary alicyclic amines) is 1. The number of hydrogen-bond donors (Lipinski definition) is 1. The number of halogens is 2. The summed E-state index contributed by atoms with van der Waals surface area (Å²) in [6.07, 6.45) is 3.04. The van der Waals surface area contributed by atoms with Crippen molar-refractivity contribution >= 4 is 40.8 Å². The molecule has 4 amide bonds. The maximum Gasteiger partial charge on any atom is 0.325 e. The van der Waals surface area contributed by atoms with Crippen LogP contribution in [0.1, 0.15) is 47.8 Å². The van der Waals surface area contributed by atoms with Gasteiger partial charge in [-0.3, -0.25) is 14.5 Å². The third-order valence-electron chi connectivity index (χ3n) is 6.67. The Hall–Kier alpha value is -2.45. The van der Waals surface area contributed by atoms with Gasteiger partial charge in [0.1, 0.15) is 5.54 Å². The number of urea groups is 1. The van der Waals surface area contributed by atoms with Crippen molar-refractivity contribution in [3.63, 3.8) is 0 Å². The SMILES string of the molecule is CCCC1(C2CCN(C(=O)c3cccc(Cl)c3F)CC2)NC(=O)N(CCc2cccs2)C1=O. The number of rotatable bonds is 7.